The van der Waals surface area contributed by atoms with E-state index in [1.165, 1.54) is 25.7 Å². The van der Waals surface area contributed by atoms with E-state index in [0.29, 0.717) is 19.2 Å². The topological polar surface area (TPSA) is 38.8 Å². The van der Waals surface area contributed by atoms with Gasteiger partial charge in [0.2, 0.25) is 6.10 Å². The molecular weight excluding hydrogens is 254 g/mol. The maximum Gasteiger partial charge on any atom is 0.349 e. The largest absolute Gasteiger partial charge is 0.475 e. The highest BCUT2D eigenvalue weighted by Gasteiger charge is 2.35. The van der Waals surface area contributed by atoms with Gasteiger partial charge in [0.15, 0.2) is 0 Å². The zero-order valence-corrected chi connectivity index (χ0v) is 11.9. The van der Waals surface area contributed by atoms with Gasteiger partial charge in [-0.05, 0) is 31.9 Å². The van der Waals surface area contributed by atoms with Crippen molar-refractivity contribution in [1.82, 2.24) is 0 Å². The van der Waals surface area contributed by atoms with Gasteiger partial charge in [-0.3, -0.25) is 0 Å². The van der Waals surface area contributed by atoms with Crippen molar-refractivity contribution in [3.8, 4) is 5.75 Å². The number of esters is 1. The van der Waals surface area contributed by atoms with Gasteiger partial charge in [-0.25, -0.2) is 4.79 Å². The summed E-state index contributed by atoms with van der Waals surface area (Å²) in [5.74, 6) is 0.536. The first-order valence-corrected chi connectivity index (χ1v) is 7.48. The molecule has 0 unspecified atom stereocenters. The Morgan fingerprint density at radius 1 is 1.35 bits per heavy atom. The van der Waals surface area contributed by atoms with Crippen LogP contribution in [0.2, 0.25) is 0 Å². The summed E-state index contributed by atoms with van der Waals surface area (Å²) >= 11 is 0. The molecule has 1 aliphatic heterocycles. The summed E-state index contributed by atoms with van der Waals surface area (Å²) in [6.45, 7) is 2.81. The summed E-state index contributed by atoms with van der Waals surface area (Å²) in [4.78, 5) is 14.3. The van der Waals surface area contributed by atoms with Crippen molar-refractivity contribution >= 4 is 11.7 Å². The van der Waals surface area contributed by atoms with Crippen LogP contribution in [0, 0.1) is 0 Å². The summed E-state index contributed by atoms with van der Waals surface area (Å²) < 4.78 is 10.9. The van der Waals surface area contributed by atoms with Gasteiger partial charge in [-0.2, -0.15) is 0 Å². The van der Waals surface area contributed by atoms with Gasteiger partial charge in [0.05, 0.1) is 18.8 Å². The van der Waals surface area contributed by atoms with Crippen molar-refractivity contribution in [3.63, 3.8) is 0 Å². The Hall–Kier alpha value is -1.71. The summed E-state index contributed by atoms with van der Waals surface area (Å²) in [7, 11) is 0. The third-order valence-electron chi connectivity index (χ3n) is 4.12. The van der Waals surface area contributed by atoms with E-state index in [-0.39, 0.29) is 5.97 Å². The number of hydrogen-bond donors (Lipinski definition) is 0. The smallest absolute Gasteiger partial charge is 0.349 e. The molecule has 0 spiro atoms. The number of carbonyl (C=O) groups excluding carboxylic acids is 1. The molecule has 108 valence electrons. The zero-order valence-electron chi connectivity index (χ0n) is 11.9. The third kappa shape index (κ3) is 2.47. The minimum absolute atomic E-state index is 0.259. The second-order valence-electron chi connectivity index (χ2n) is 5.42. The van der Waals surface area contributed by atoms with Crippen molar-refractivity contribution in [2.45, 2.75) is 44.8 Å². The van der Waals surface area contributed by atoms with E-state index >= 15 is 0 Å². The summed E-state index contributed by atoms with van der Waals surface area (Å²) in [6.07, 6.45) is 4.43. The lowest BCUT2D eigenvalue weighted by Crippen LogP contribution is -2.48. The highest BCUT2D eigenvalue weighted by molar-refractivity contribution is 5.78. The van der Waals surface area contributed by atoms with Crippen molar-refractivity contribution < 1.29 is 14.3 Å². The fourth-order valence-electron chi connectivity index (χ4n) is 3.18. The average Bonchev–Trinajstić information content (AvgIpc) is 3.00. The van der Waals surface area contributed by atoms with Crippen LogP contribution < -0.4 is 9.64 Å². The lowest BCUT2D eigenvalue weighted by molar-refractivity contribution is -0.151. The van der Waals surface area contributed by atoms with E-state index in [2.05, 4.69) is 11.0 Å². The molecule has 2 aliphatic rings. The number of fused-ring (bicyclic) bond motifs is 1. The van der Waals surface area contributed by atoms with Crippen LogP contribution in [0.15, 0.2) is 24.3 Å². The molecule has 4 heteroatoms. The van der Waals surface area contributed by atoms with E-state index in [9.17, 15) is 4.79 Å². The first-order chi connectivity index (χ1) is 9.79. The monoisotopic (exact) mass is 275 g/mol. The van der Waals surface area contributed by atoms with Crippen LogP contribution in [0.4, 0.5) is 5.69 Å². The molecule has 0 bridgehead atoms. The molecule has 20 heavy (non-hydrogen) atoms. The quantitative estimate of drug-likeness (QED) is 0.795. The van der Waals surface area contributed by atoms with E-state index in [1.54, 1.807) is 0 Å². The van der Waals surface area contributed by atoms with Gasteiger partial charge in [-0.15, -0.1) is 0 Å². The second-order valence-corrected chi connectivity index (χ2v) is 5.42. The number of para-hydroxylation sites is 2. The number of nitrogens with zero attached hydrogens (tertiary/aromatic N) is 1. The van der Waals surface area contributed by atoms with Crippen molar-refractivity contribution in [1.29, 1.82) is 0 Å². The Balaban J connectivity index is 1.86. The van der Waals surface area contributed by atoms with Crippen LogP contribution in [0.5, 0.6) is 5.75 Å². The molecule has 1 heterocycles. The summed E-state index contributed by atoms with van der Waals surface area (Å²) in [5, 5.41) is 0. The van der Waals surface area contributed by atoms with Crippen LogP contribution in [0.1, 0.15) is 32.6 Å². The number of carbonyl (C=O) groups is 1. The molecule has 0 N–H and O–H groups in total. The summed E-state index contributed by atoms with van der Waals surface area (Å²) in [6, 6.07) is 8.50. The molecule has 1 atom stereocenters. The molecule has 0 amide bonds. The van der Waals surface area contributed by atoms with Crippen molar-refractivity contribution in [2.75, 3.05) is 18.1 Å². The Labute approximate surface area is 119 Å². The summed E-state index contributed by atoms with van der Waals surface area (Å²) in [5.41, 5.74) is 1.11. The lowest BCUT2D eigenvalue weighted by Gasteiger charge is -2.38. The van der Waals surface area contributed by atoms with Crippen LogP contribution in [0.25, 0.3) is 0 Å². The van der Waals surface area contributed by atoms with E-state index < -0.39 is 6.10 Å². The average molecular weight is 275 g/mol. The van der Waals surface area contributed by atoms with Gasteiger partial charge in [0, 0.05) is 6.04 Å². The molecule has 0 saturated heterocycles. The van der Waals surface area contributed by atoms with Crippen LogP contribution in [-0.4, -0.2) is 31.3 Å². The Kier molecular flexibility index (Phi) is 3.81. The van der Waals surface area contributed by atoms with Crippen molar-refractivity contribution in [2.24, 2.45) is 0 Å². The fraction of sp³-hybridized carbons (Fsp3) is 0.562. The van der Waals surface area contributed by atoms with E-state index in [0.717, 1.165) is 11.4 Å². The number of ether oxygens (including phenoxy) is 2. The first kappa shape index (κ1) is 13.3. The molecule has 0 aromatic heterocycles. The molecule has 1 aromatic rings. The van der Waals surface area contributed by atoms with Gasteiger partial charge in [0.25, 0.3) is 0 Å². The van der Waals surface area contributed by atoms with Gasteiger partial charge >= 0.3 is 5.97 Å². The molecule has 3 rings (SSSR count). The van der Waals surface area contributed by atoms with Crippen molar-refractivity contribution in [3.05, 3.63) is 24.3 Å². The van der Waals surface area contributed by atoms with Crippen LogP contribution in [0.3, 0.4) is 0 Å². The van der Waals surface area contributed by atoms with Gasteiger partial charge in [-0.1, -0.05) is 25.0 Å². The predicted molar refractivity (Wildman–Crippen MR) is 77.1 cm³/mol. The van der Waals surface area contributed by atoms with E-state index in [1.807, 2.05) is 25.1 Å². The van der Waals surface area contributed by atoms with Gasteiger partial charge in [0.1, 0.15) is 5.75 Å². The molecule has 1 aromatic carbocycles. The second kappa shape index (κ2) is 5.73. The van der Waals surface area contributed by atoms with Crippen LogP contribution >= 0.6 is 0 Å². The molecule has 1 fully saturated rings. The number of hydrogen-bond acceptors (Lipinski definition) is 4. The SMILES string of the molecule is CCOC(=O)[C@H]1CN(C2CCCC2)c2ccccc2O1. The molecule has 0 radical (unpaired) electrons. The first-order valence-electron chi connectivity index (χ1n) is 7.48. The fourth-order valence-corrected chi connectivity index (χ4v) is 3.18. The highest BCUT2D eigenvalue weighted by atomic mass is 16.6. The number of rotatable bonds is 3. The Morgan fingerprint density at radius 2 is 2.10 bits per heavy atom. The minimum Gasteiger partial charge on any atom is -0.475 e. The van der Waals surface area contributed by atoms with E-state index in [4.69, 9.17) is 9.47 Å². The third-order valence-corrected chi connectivity index (χ3v) is 4.12. The highest BCUT2D eigenvalue weighted by Crippen LogP contribution is 2.38. The number of anilines is 1. The number of benzene rings is 1. The maximum absolute atomic E-state index is 12.0. The molecule has 1 aliphatic carbocycles. The molecule has 4 nitrogen and oxygen atoms in total. The normalized spacial score (nSPS) is 22.2. The Bertz CT molecular complexity index is 482. The standard InChI is InChI=1S/C16H21NO3/c1-2-19-16(18)15-11-17(12-7-3-4-8-12)13-9-5-6-10-14(13)20-15/h5-6,9-10,12,15H,2-4,7-8,11H2,1H3/t15-/m1/s1. The minimum atomic E-state index is -0.509. The lowest BCUT2D eigenvalue weighted by atomic mass is 10.1. The predicted octanol–water partition coefficient (Wildman–Crippen LogP) is 2.76. The van der Waals surface area contributed by atoms with Gasteiger partial charge < -0.3 is 14.4 Å². The molecule has 1 saturated carbocycles. The Morgan fingerprint density at radius 3 is 2.85 bits per heavy atom. The maximum atomic E-state index is 12.0. The molecular formula is C16H21NO3. The van der Waals surface area contributed by atoms with Crippen LogP contribution in [-0.2, 0) is 9.53 Å². The zero-order chi connectivity index (χ0) is 13.9.